The quantitative estimate of drug-likeness (QED) is 0.716. The molecule has 0 aliphatic carbocycles. The number of nitrogens with zero attached hydrogens (tertiary/aromatic N) is 2. The summed E-state index contributed by atoms with van der Waals surface area (Å²) in [6.45, 7) is 1.90. The molecule has 2 aromatic carbocycles. The summed E-state index contributed by atoms with van der Waals surface area (Å²) in [4.78, 5) is 27.9. The third kappa shape index (κ3) is 4.27. The topological polar surface area (TPSA) is 49.9 Å². The number of Topliss-reactive ketones (excluding diaryl/α,β-unsaturated/α-hetero) is 2. The van der Waals surface area contributed by atoms with Crippen molar-refractivity contribution in [2.75, 3.05) is 20.2 Å². The molecule has 0 bridgehead atoms. The maximum absolute atomic E-state index is 13.2. The van der Waals surface area contributed by atoms with Gasteiger partial charge in [0, 0.05) is 23.5 Å². The molecule has 0 saturated heterocycles. The predicted molar refractivity (Wildman–Crippen MR) is 94.9 cm³/mol. The van der Waals surface area contributed by atoms with Crippen molar-refractivity contribution in [2.45, 2.75) is 0 Å². The Morgan fingerprint density at radius 2 is 1.50 bits per heavy atom. The molecule has 0 amide bonds. The number of hydrogen-bond donors (Lipinski definition) is 0. The Kier molecular flexibility index (Phi) is 5.31. The van der Waals surface area contributed by atoms with Crippen molar-refractivity contribution < 1.29 is 18.7 Å². The van der Waals surface area contributed by atoms with E-state index < -0.39 is 5.82 Å². The van der Waals surface area contributed by atoms with Crippen LogP contribution in [0.2, 0.25) is 0 Å². The maximum Gasteiger partial charge on any atom is 0.182 e. The minimum absolute atomic E-state index is 0.0666. The number of hydrogen-bond acceptors (Lipinski definition) is 5. The van der Waals surface area contributed by atoms with Crippen molar-refractivity contribution in [2.24, 2.45) is 0 Å². The lowest BCUT2D eigenvalue weighted by atomic mass is 10.1. The number of benzene rings is 2. The zero-order valence-corrected chi connectivity index (χ0v) is 14.3. The van der Waals surface area contributed by atoms with Crippen LogP contribution < -0.4 is 4.74 Å². The fraction of sp³-hybridized carbons (Fsp3) is 0.150. The maximum atomic E-state index is 13.2. The van der Waals surface area contributed by atoms with Gasteiger partial charge in [0.25, 0.3) is 0 Å². The summed E-state index contributed by atoms with van der Waals surface area (Å²) in [7, 11) is 1.55. The first-order valence-corrected chi connectivity index (χ1v) is 8.06. The number of carbonyl (C=O) groups is 2. The Balaban J connectivity index is 1.54. The Labute approximate surface area is 151 Å². The van der Waals surface area contributed by atoms with Gasteiger partial charge in [-0.1, -0.05) is 24.3 Å². The molecule has 133 valence electrons. The van der Waals surface area contributed by atoms with Crippen LogP contribution in [0.5, 0.6) is 5.75 Å². The number of halogens is 1. The highest BCUT2D eigenvalue weighted by atomic mass is 19.1. The summed E-state index contributed by atoms with van der Waals surface area (Å²) in [5.74, 6) is -0.0871. The first kappa shape index (κ1) is 17.7. The summed E-state index contributed by atoms with van der Waals surface area (Å²) in [5, 5.41) is 0. The van der Waals surface area contributed by atoms with E-state index in [1.165, 1.54) is 18.2 Å². The smallest absolute Gasteiger partial charge is 0.182 e. The second-order valence-electron chi connectivity index (χ2n) is 5.85. The lowest BCUT2D eigenvalue weighted by Crippen LogP contribution is -2.28. The van der Waals surface area contributed by atoms with Crippen LogP contribution >= 0.6 is 0 Å². The molecule has 0 aromatic heterocycles. The van der Waals surface area contributed by atoms with Gasteiger partial charge in [0.15, 0.2) is 11.6 Å². The van der Waals surface area contributed by atoms with Gasteiger partial charge in [0.2, 0.25) is 0 Å². The molecule has 0 N–H and O–H groups in total. The Morgan fingerprint density at radius 1 is 0.923 bits per heavy atom. The molecule has 0 unspecified atom stereocenters. The summed E-state index contributed by atoms with van der Waals surface area (Å²) < 4.78 is 18.3. The standard InChI is InChI=1S/C20H18FN2O3/c1-26-18-7-3-5-16(11-18)20(25)13-23-9-8-22(14-23)12-19(24)15-4-2-6-17(21)10-15/h2-11,14H,12-13H2,1H3. The first-order valence-electron chi connectivity index (χ1n) is 8.06. The second-order valence-corrected chi connectivity index (χ2v) is 5.85. The van der Waals surface area contributed by atoms with Crippen LogP contribution in [0.3, 0.4) is 0 Å². The van der Waals surface area contributed by atoms with Crippen LogP contribution in [0.4, 0.5) is 4.39 Å². The van der Waals surface area contributed by atoms with E-state index in [-0.39, 0.29) is 24.7 Å². The zero-order valence-electron chi connectivity index (χ0n) is 14.3. The van der Waals surface area contributed by atoms with E-state index in [2.05, 4.69) is 0 Å². The lowest BCUT2D eigenvalue weighted by molar-refractivity contribution is 0.0947. The van der Waals surface area contributed by atoms with Gasteiger partial charge >= 0.3 is 0 Å². The summed E-state index contributed by atoms with van der Waals surface area (Å²) >= 11 is 0. The fourth-order valence-corrected chi connectivity index (χ4v) is 2.60. The van der Waals surface area contributed by atoms with Gasteiger partial charge in [0.1, 0.15) is 18.2 Å². The van der Waals surface area contributed by atoms with Crippen molar-refractivity contribution in [1.82, 2.24) is 9.80 Å². The van der Waals surface area contributed by atoms with Gasteiger partial charge in [-0.15, -0.1) is 0 Å². The summed E-state index contributed by atoms with van der Waals surface area (Å²) in [5.41, 5.74) is 0.873. The van der Waals surface area contributed by atoms with Gasteiger partial charge in [-0.2, -0.15) is 0 Å². The number of methoxy groups -OCH3 is 1. The van der Waals surface area contributed by atoms with Gasteiger partial charge in [0.05, 0.1) is 20.2 Å². The van der Waals surface area contributed by atoms with Crippen LogP contribution in [0.1, 0.15) is 20.7 Å². The van der Waals surface area contributed by atoms with Crippen LogP contribution in [0.25, 0.3) is 0 Å². The minimum atomic E-state index is -0.442. The molecule has 1 heterocycles. The third-order valence-corrected chi connectivity index (χ3v) is 3.94. The van der Waals surface area contributed by atoms with E-state index >= 15 is 0 Å². The number of carbonyl (C=O) groups excluding carboxylic acids is 2. The van der Waals surface area contributed by atoms with Crippen molar-refractivity contribution >= 4 is 11.6 Å². The molecule has 1 aliphatic heterocycles. The molecule has 0 fully saturated rings. The predicted octanol–water partition coefficient (Wildman–Crippen LogP) is 3.11. The first-order chi connectivity index (χ1) is 12.5. The number of rotatable bonds is 7. The van der Waals surface area contributed by atoms with Crippen molar-refractivity contribution in [1.29, 1.82) is 0 Å². The van der Waals surface area contributed by atoms with Crippen LogP contribution in [-0.4, -0.2) is 41.6 Å². The van der Waals surface area contributed by atoms with E-state index in [9.17, 15) is 14.0 Å². The zero-order chi connectivity index (χ0) is 18.5. The van der Waals surface area contributed by atoms with Gasteiger partial charge in [-0.05, 0) is 24.3 Å². The van der Waals surface area contributed by atoms with Gasteiger partial charge < -0.3 is 14.5 Å². The average molecular weight is 353 g/mol. The molecule has 0 saturated carbocycles. The van der Waals surface area contributed by atoms with Gasteiger partial charge in [-0.3, -0.25) is 9.59 Å². The lowest BCUT2D eigenvalue weighted by Gasteiger charge is -2.19. The molecular formula is C20H18FN2O3. The average Bonchev–Trinajstić information content (AvgIpc) is 3.08. The molecule has 0 atom stereocenters. The largest absolute Gasteiger partial charge is 0.497 e. The van der Waals surface area contributed by atoms with Crippen molar-refractivity contribution in [3.8, 4) is 5.75 Å². The van der Waals surface area contributed by atoms with E-state index in [0.717, 1.165) is 0 Å². The Hall–Kier alpha value is -3.15. The molecule has 2 aromatic rings. The van der Waals surface area contributed by atoms with Crippen LogP contribution in [-0.2, 0) is 0 Å². The Bertz CT molecular complexity index is 850. The van der Waals surface area contributed by atoms with Gasteiger partial charge in [-0.25, -0.2) is 4.39 Å². The molecule has 0 spiro atoms. The molecule has 1 radical (unpaired) electrons. The van der Waals surface area contributed by atoms with Crippen LogP contribution in [0, 0.1) is 12.5 Å². The number of ketones is 2. The highest BCUT2D eigenvalue weighted by Crippen LogP contribution is 2.17. The van der Waals surface area contributed by atoms with E-state index in [4.69, 9.17) is 4.74 Å². The van der Waals surface area contributed by atoms with Crippen molar-refractivity contribution in [3.63, 3.8) is 0 Å². The molecule has 1 aliphatic rings. The summed E-state index contributed by atoms with van der Waals surface area (Å²) in [6, 6.07) is 12.6. The highest BCUT2D eigenvalue weighted by molar-refractivity contribution is 5.98. The normalized spacial score (nSPS) is 13.2. The van der Waals surface area contributed by atoms with E-state index in [0.29, 0.717) is 16.9 Å². The molecular weight excluding hydrogens is 335 g/mol. The molecule has 26 heavy (non-hydrogen) atoms. The fourth-order valence-electron chi connectivity index (χ4n) is 2.60. The van der Waals surface area contributed by atoms with E-state index in [1.54, 1.807) is 66.3 Å². The van der Waals surface area contributed by atoms with Crippen molar-refractivity contribution in [3.05, 3.63) is 84.5 Å². The Morgan fingerprint density at radius 3 is 2.08 bits per heavy atom. The van der Waals surface area contributed by atoms with Crippen LogP contribution in [0.15, 0.2) is 60.9 Å². The highest BCUT2D eigenvalue weighted by Gasteiger charge is 2.20. The molecule has 5 nitrogen and oxygen atoms in total. The minimum Gasteiger partial charge on any atom is -0.497 e. The summed E-state index contributed by atoms with van der Waals surface area (Å²) in [6.07, 6.45) is 3.42. The third-order valence-electron chi connectivity index (χ3n) is 3.94. The molecule has 3 rings (SSSR count). The van der Waals surface area contributed by atoms with E-state index in [1.807, 2.05) is 0 Å². The molecule has 6 heteroatoms. The SMILES string of the molecule is COc1cccc(C(=O)CN2[CH]N(CC(=O)c3cccc(F)c3)C=C2)c1. The number of ether oxygens (including phenoxy) is 1. The monoisotopic (exact) mass is 353 g/mol. The second kappa shape index (κ2) is 7.82.